The highest BCUT2D eigenvalue weighted by atomic mass is 35.5. The molecule has 1 aliphatic rings. The standard InChI is InChI=1S/C18H19ClN2O4/c1-13(25-15-6-4-14(19)5-7-15)17(22)20-8-10-21(11-9-20)18(23)16-3-2-12-24-16/h2-7,12-13H,8-11H2,1H3/t13-/m0/s1. The molecule has 7 heteroatoms. The largest absolute Gasteiger partial charge is 0.481 e. The van der Waals surface area contributed by atoms with Gasteiger partial charge in [-0.1, -0.05) is 11.6 Å². The molecular formula is C18H19ClN2O4. The monoisotopic (exact) mass is 362 g/mol. The van der Waals surface area contributed by atoms with Gasteiger partial charge in [-0.05, 0) is 43.3 Å². The van der Waals surface area contributed by atoms with Gasteiger partial charge in [0.05, 0.1) is 6.26 Å². The predicted octanol–water partition coefficient (Wildman–Crippen LogP) is 2.68. The first-order valence-electron chi connectivity index (χ1n) is 8.08. The number of hydrogen-bond donors (Lipinski definition) is 0. The molecular weight excluding hydrogens is 344 g/mol. The maximum atomic E-state index is 12.5. The molecule has 2 heterocycles. The molecule has 2 amide bonds. The van der Waals surface area contributed by atoms with Gasteiger partial charge in [-0.3, -0.25) is 9.59 Å². The van der Waals surface area contributed by atoms with Gasteiger partial charge in [0.25, 0.3) is 11.8 Å². The summed E-state index contributed by atoms with van der Waals surface area (Å²) in [5.74, 6) is 0.665. The van der Waals surface area contributed by atoms with Crippen molar-refractivity contribution in [3.05, 3.63) is 53.4 Å². The Bertz CT molecular complexity index is 722. The van der Waals surface area contributed by atoms with Gasteiger partial charge in [0.15, 0.2) is 11.9 Å². The second kappa shape index (κ2) is 7.61. The van der Waals surface area contributed by atoms with Gasteiger partial charge in [0, 0.05) is 31.2 Å². The van der Waals surface area contributed by atoms with E-state index in [1.807, 2.05) is 0 Å². The molecule has 3 rings (SSSR count). The summed E-state index contributed by atoms with van der Waals surface area (Å²) >= 11 is 5.84. The number of furan rings is 1. The van der Waals surface area contributed by atoms with Crippen LogP contribution in [0, 0.1) is 0 Å². The fourth-order valence-electron chi connectivity index (χ4n) is 2.71. The summed E-state index contributed by atoms with van der Waals surface area (Å²) < 4.78 is 10.8. The Morgan fingerprint density at radius 3 is 2.32 bits per heavy atom. The molecule has 0 saturated carbocycles. The first-order chi connectivity index (χ1) is 12.0. The summed E-state index contributed by atoms with van der Waals surface area (Å²) in [5, 5.41) is 0.615. The summed E-state index contributed by atoms with van der Waals surface area (Å²) in [6, 6.07) is 10.2. The topological polar surface area (TPSA) is 63.0 Å². The Morgan fingerprint density at radius 2 is 1.72 bits per heavy atom. The van der Waals surface area contributed by atoms with Crippen molar-refractivity contribution in [3.63, 3.8) is 0 Å². The molecule has 2 aromatic rings. The van der Waals surface area contributed by atoms with Crippen molar-refractivity contribution in [3.8, 4) is 5.75 Å². The fraction of sp³-hybridized carbons (Fsp3) is 0.333. The molecule has 1 fully saturated rings. The van der Waals surface area contributed by atoms with E-state index in [0.717, 1.165) is 0 Å². The third-order valence-electron chi connectivity index (χ3n) is 4.08. The van der Waals surface area contributed by atoms with E-state index in [9.17, 15) is 9.59 Å². The SMILES string of the molecule is C[C@H](Oc1ccc(Cl)cc1)C(=O)N1CCN(C(=O)c2ccco2)CC1. The molecule has 1 saturated heterocycles. The Kier molecular flexibility index (Phi) is 5.28. The number of ether oxygens (including phenoxy) is 1. The van der Waals surface area contributed by atoms with Crippen LogP contribution in [0.15, 0.2) is 47.1 Å². The number of rotatable bonds is 4. The molecule has 0 N–H and O–H groups in total. The van der Waals surface area contributed by atoms with Crippen LogP contribution in [0.25, 0.3) is 0 Å². The minimum Gasteiger partial charge on any atom is -0.481 e. The number of benzene rings is 1. The first-order valence-corrected chi connectivity index (χ1v) is 8.46. The molecule has 132 valence electrons. The van der Waals surface area contributed by atoms with Crippen LogP contribution in [0.2, 0.25) is 5.02 Å². The summed E-state index contributed by atoms with van der Waals surface area (Å²) in [5.41, 5.74) is 0. The van der Waals surface area contributed by atoms with Crippen LogP contribution < -0.4 is 4.74 Å². The fourth-order valence-corrected chi connectivity index (χ4v) is 2.84. The van der Waals surface area contributed by atoms with E-state index in [0.29, 0.717) is 42.7 Å². The van der Waals surface area contributed by atoms with E-state index in [4.69, 9.17) is 20.8 Å². The van der Waals surface area contributed by atoms with Crippen LogP contribution in [0.1, 0.15) is 17.5 Å². The summed E-state index contributed by atoms with van der Waals surface area (Å²) in [4.78, 5) is 28.2. The van der Waals surface area contributed by atoms with Crippen molar-refractivity contribution < 1.29 is 18.7 Å². The van der Waals surface area contributed by atoms with Gasteiger partial charge in [-0.15, -0.1) is 0 Å². The number of carbonyl (C=O) groups is 2. The highest BCUT2D eigenvalue weighted by Crippen LogP contribution is 2.18. The maximum absolute atomic E-state index is 12.5. The van der Waals surface area contributed by atoms with Crippen LogP contribution in [0.5, 0.6) is 5.75 Å². The highest BCUT2D eigenvalue weighted by Gasteiger charge is 2.29. The van der Waals surface area contributed by atoms with Gasteiger partial charge in [0.1, 0.15) is 5.75 Å². The Labute approximate surface area is 150 Å². The van der Waals surface area contributed by atoms with Crippen molar-refractivity contribution in [2.75, 3.05) is 26.2 Å². The lowest BCUT2D eigenvalue weighted by Gasteiger charge is -2.35. The lowest BCUT2D eigenvalue weighted by Crippen LogP contribution is -2.53. The number of halogens is 1. The van der Waals surface area contributed by atoms with Gasteiger partial charge in [-0.2, -0.15) is 0 Å². The molecule has 25 heavy (non-hydrogen) atoms. The quantitative estimate of drug-likeness (QED) is 0.839. The third kappa shape index (κ3) is 4.14. The summed E-state index contributed by atoms with van der Waals surface area (Å²) in [7, 11) is 0. The number of amides is 2. The molecule has 0 bridgehead atoms. The third-order valence-corrected chi connectivity index (χ3v) is 4.34. The average molecular weight is 363 g/mol. The van der Waals surface area contributed by atoms with Gasteiger partial charge >= 0.3 is 0 Å². The van der Waals surface area contributed by atoms with E-state index < -0.39 is 6.10 Å². The van der Waals surface area contributed by atoms with E-state index in [1.54, 1.807) is 53.1 Å². The molecule has 1 aromatic heterocycles. The molecule has 0 radical (unpaired) electrons. The minimum absolute atomic E-state index is 0.0972. The van der Waals surface area contributed by atoms with E-state index in [1.165, 1.54) is 6.26 Å². The normalized spacial score (nSPS) is 15.8. The maximum Gasteiger partial charge on any atom is 0.289 e. The second-order valence-electron chi connectivity index (χ2n) is 5.81. The lowest BCUT2D eigenvalue weighted by atomic mass is 10.2. The second-order valence-corrected chi connectivity index (χ2v) is 6.25. The molecule has 0 unspecified atom stereocenters. The molecule has 1 atom stereocenters. The molecule has 6 nitrogen and oxygen atoms in total. The smallest absolute Gasteiger partial charge is 0.289 e. The summed E-state index contributed by atoms with van der Waals surface area (Å²) in [6.07, 6.45) is 0.872. The Balaban J connectivity index is 1.52. The van der Waals surface area contributed by atoms with Crippen molar-refractivity contribution in [1.29, 1.82) is 0 Å². The molecule has 0 aliphatic carbocycles. The number of hydrogen-bond acceptors (Lipinski definition) is 4. The average Bonchev–Trinajstić information content (AvgIpc) is 3.17. The van der Waals surface area contributed by atoms with E-state index >= 15 is 0 Å². The van der Waals surface area contributed by atoms with E-state index in [2.05, 4.69) is 0 Å². The number of nitrogens with zero attached hydrogens (tertiary/aromatic N) is 2. The van der Waals surface area contributed by atoms with Crippen molar-refractivity contribution in [2.45, 2.75) is 13.0 Å². The molecule has 0 spiro atoms. The van der Waals surface area contributed by atoms with Crippen molar-refractivity contribution >= 4 is 23.4 Å². The molecule has 1 aliphatic heterocycles. The van der Waals surface area contributed by atoms with Gasteiger partial charge < -0.3 is 19.0 Å². The molecule has 1 aromatic carbocycles. The van der Waals surface area contributed by atoms with E-state index in [-0.39, 0.29) is 11.8 Å². The number of carbonyl (C=O) groups excluding carboxylic acids is 2. The minimum atomic E-state index is -0.603. The van der Waals surface area contributed by atoms with Crippen molar-refractivity contribution in [2.24, 2.45) is 0 Å². The predicted molar refractivity (Wildman–Crippen MR) is 92.7 cm³/mol. The summed E-state index contributed by atoms with van der Waals surface area (Å²) in [6.45, 7) is 3.61. The zero-order chi connectivity index (χ0) is 17.8. The van der Waals surface area contributed by atoms with Crippen molar-refractivity contribution in [1.82, 2.24) is 9.80 Å². The number of piperazine rings is 1. The van der Waals surface area contributed by atoms with Crippen LogP contribution in [0.4, 0.5) is 0 Å². The lowest BCUT2D eigenvalue weighted by molar-refractivity contribution is -0.139. The van der Waals surface area contributed by atoms with Crippen LogP contribution >= 0.6 is 11.6 Å². The van der Waals surface area contributed by atoms with Gasteiger partial charge in [-0.25, -0.2) is 0 Å². The van der Waals surface area contributed by atoms with Crippen LogP contribution in [0.3, 0.4) is 0 Å². The first kappa shape index (κ1) is 17.4. The Hall–Kier alpha value is -2.47. The van der Waals surface area contributed by atoms with Crippen LogP contribution in [-0.4, -0.2) is 53.9 Å². The zero-order valence-corrected chi connectivity index (χ0v) is 14.6. The highest BCUT2D eigenvalue weighted by molar-refractivity contribution is 6.30. The van der Waals surface area contributed by atoms with Crippen LogP contribution in [-0.2, 0) is 4.79 Å². The Morgan fingerprint density at radius 1 is 1.08 bits per heavy atom. The van der Waals surface area contributed by atoms with Gasteiger partial charge in [0.2, 0.25) is 0 Å². The zero-order valence-electron chi connectivity index (χ0n) is 13.9.